The molecule has 1 aliphatic rings. The molecule has 0 heterocycles. The number of benzene rings is 3. The lowest BCUT2D eigenvalue weighted by molar-refractivity contribution is -0.162. The summed E-state index contributed by atoms with van der Waals surface area (Å²) >= 11 is 0. The lowest BCUT2D eigenvalue weighted by atomic mass is 9.98. The third-order valence-corrected chi connectivity index (χ3v) is 6.09. The van der Waals surface area contributed by atoms with Gasteiger partial charge in [-0.25, -0.2) is 0 Å². The van der Waals surface area contributed by atoms with Crippen LogP contribution in [0.5, 0.6) is 0 Å². The van der Waals surface area contributed by atoms with Crippen molar-refractivity contribution in [1.29, 1.82) is 5.26 Å². The van der Waals surface area contributed by atoms with Crippen molar-refractivity contribution in [2.45, 2.75) is 36.8 Å². The first-order valence-corrected chi connectivity index (χ1v) is 11.3. The number of carbonyl (C=O) groups is 2. The normalized spacial score (nSPS) is 15.6. The summed E-state index contributed by atoms with van der Waals surface area (Å²) in [5, 5.41) is 14.7. The monoisotopic (exact) mass is 531 g/mol. The number of halogens is 6. The van der Waals surface area contributed by atoms with E-state index in [0.29, 0.717) is 41.3 Å². The lowest BCUT2D eigenvalue weighted by Crippen LogP contribution is -2.37. The minimum Gasteiger partial charge on any atom is -0.337 e. The number of nitriles is 1. The maximum absolute atomic E-state index is 13.7. The van der Waals surface area contributed by atoms with Crippen LogP contribution >= 0.6 is 0 Å². The van der Waals surface area contributed by atoms with Crippen molar-refractivity contribution in [2.24, 2.45) is 0 Å². The first kappa shape index (κ1) is 26.7. The molecule has 1 fully saturated rings. The number of fused-ring (bicyclic) bond motifs is 1. The number of rotatable bonds is 6. The molecule has 0 aliphatic heterocycles. The van der Waals surface area contributed by atoms with Crippen molar-refractivity contribution in [3.05, 3.63) is 89.0 Å². The first-order valence-electron chi connectivity index (χ1n) is 11.3. The Kier molecular flexibility index (Phi) is 6.93. The zero-order chi connectivity index (χ0) is 27.7. The van der Waals surface area contributed by atoms with E-state index in [1.807, 2.05) is 0 Å². The van der Waals surface area contributed by atoms with Crippen molar-refractivity contribution in [1.82, 2.24) is 10.6 Å². The molecule has 4 rings (SSSR count). The second-order valence-corrected chi connectivity index (χ2v) is 8.84. The summed E-state index contributed by atoms with van der Waals surface area (Å²) in [6.07, 6.45) is -6.74. The fourth-order valence-electron chi connectivity index (χ4n) is 3.94. The van der Waals surface area contributed by atoms with Crippen LogP contribution in [-0.4, -0.2) is 23.5 Å². The number of hydrogen-bond donors (Lipinski definition) is 2. The molecule has 1 saturated carbocycles. The topological polar surface area (TPSA) is 82.0 Å². The Morgan fingerprint density at radius 3 is 2.24 bits per heavy atom. The van der Waals surface area contributed by atoms with Crippen LogP contribution in [-0.2, 0) is 11.0 Å². The Morgan fingerprint density at radius 1 is 0.947 bits per heavy atom. The molecule has 196 valence electrons. The highest BCUT2D eigenvalue weighted by Gasteiger charge is 2.45. The molecule has 1 aliphatic carbocycles. The number of hydrogen-bond acceptors (Lipinski definition) is 3. The largest absolute Gasteiger partial charge is 0.416 e. The van der Waals surface area contributed by atoms with Crippen LogP contribution in [0.3, 0.4) is 0 Å². The summed E-state index contributed by atoms with van der Waals surface area (Å²) in [5.74, 6) is -1.64. The molecule has 2 N–H and O–H groups in total. The van der Waals surface area contributed by atoms with Gasteiger partial charge in [-0.1, -0.05) is 42.5 Å². The van der Waals surface area contributed by atoms with Crippen molar-refractivity contribution >= 4 is 28.7 Å². The van der Waals surface area contributed by atoms with Crippen molar-refractivity contribution < 1.29 is 35.9 Å². The Balaban J connectivity index is 1.58. The molecule has 0 spiro atoms. The predicted molar refractivity (Wildman–Crippen MR) is 126 cm³/mol. The number of nitrogens with zero attached hydrogens (tertiary/aromatic N) is 1. The molecule has 3 aromatic carbocycles. The number of amides is 2. The summed E-state index contributed by atoms with van der Waals surface area (Å²) in [5.41, 5.74) is -2.22. The standard InChI is InChI=1S/C27H19F6N3O2/c28-26(29,30)18-5-3-4-17(14-18)23(27(31,32)33)35-22(37)11-9-16-8-10-21(20-7-2-1-6-19(16)20)24(38)36-25(15-34)12-13-25/h1-11,14,23H,12-13H2,(H,35,37)(H,36,38)/b11-9+. The van der Waals surface area contributed by atoms with Gasteiger partial charge in [-0.3, -0.25) is 9.59 Å². The Hall–Kier alpha value is -4.33. The zero-order valence-electron chi connectivity index (χ0n) is 19.5. The van der Waals surface area contributed by atoms with Crippen LogP contribution in [0.15, 0.2) is 66.7 Å². The number of alkyl halides is 6. The van der Waals surface area contributed by atoms with E-state index in [4.69, 9.17) is 0 Å². The molecule has 11 heteroatoms. The molecule has 2 amide bonds. The molecule has 0 aromatic heterocycles. The zero-order valence-corrected chi connectivity index (χ0v) is 19.5. The highest BCUT2D eigenvalue weighted by molar-refractivity contribution is 6.10. The van der Waals surface area contributed by atoms with E-state index in [2.05, 4.69) is 11.4 Å². The van der Waals surface area contributed by atoms with Gasteiger partial charge in [0.2, 0.25) is 5.91 Å². The van der Waals surface area contributed by atoms with Gasteiger partial charge < -0.3 is 10.6 Å². The second kappa shape index (κ2) is 9.85. The van der Waals surface area contributed by atoms with Crippen LogP contribution in [0.25, 0.3) is 16.8 Å². The molecule has 1 unspecified atom stereocenters. The van der Waals surface area contributed by atoms with Gasteiger partial charge >= 0.3 is 12.4 Å². The Morgan fingerprint density at radius 2 is 1.63 bits per heavy atom. The van der Waals surface area contributed by atoms with E-state index >= 15 is 0 Å². The fraction of sp³-hybridized carbons (Fsp3) is 0.222. The van der Waals surface area contributed by atoms with Gasteiger partial charge in [0.25, 0.3) is 5.91 Å². The molecular formula is C27H19F6N3O2. The van der Waals surface area contributed by atoms with Crippen LogP contribution in [0.1, 0.15) is 45.9 Å². The first-order chi connectivity index (χ1) is 17.8. The fourth-order valence-corrected chi connectivity index (χ4v) is 3.94. The van der Waals surface area contributed by atoms with Crippen molar-refractivity contribution in [3.8, 4) is 6.07 Å². The van der Waals surface area contributed by atoms with Gasteiger partial charge in [-0.05, 0) is 59.0 Å². The van der Waals surface area contributed by atoms with E-state index in [9.17, 15) is 41.2 Å². The van der Waals surface area contributed by atoms with Crippen LogP contribution in [0.2, 0.25) is 0 Å². The molecule has 0 bridgehead atoms. The van der Waals surface area contributed by atoms with Gasteiger partial charge in [-0.2, -0.15) is 31.6 Å². The molecule has 0 saturated heterocycles. The summed E-state index contributed by atoms with van der Waals surface area (Å²) < 4.78 is 79.9. The summed E-state index contributed by atoms with van der Waals surface area (Å²) in [6, 6.07) is 11.7. The van der Waals surface area contributed by atoms with Gasteiger partial charge in [-0.15, -0.1) is 0 Å². The number of nitrogens with one attached hydrogen (secondary N) is 2. The molecule has 3 aromatic rings. The average molecular weight is 531 g/mol. The molecular weight excluding hydrogens is 512 g/mol. The van der Waals surface area contributed by atoms with Crippen LogP contribution in [0, 0.1) is 11.3 Å². The molecule has 5 nitrogen and oxygen atoms in total. The Labute approximate surface area is 212 Å². The average Bonchev–Trinajstić information content (AvgIpc) is 3.64. The minimum absolute atomic E-state index is 0.283. The minimum atomic E-state index is -5.06. The SMILES string of the molecule is N#CC1(NC(=O)c2ccc(/C=C/C(=O)NC(c3cccc(C(F)(F)F)c3)C(F)(F)F)c3ccccc23)CC1. The Bertz CT molecular complexity index is 1470. The van der Waals surface area contributed by atoms with Gasteiger partial charge in [0.15, 0.2) is 6.04 Å². The highest BCUT2D eigenvalue weighted by Crippen LogP contribution is 2.37. The van der Waals surface area contributed by atoms with Gasteiger partial charge in [0, 0.05) is 11.6 Å². The van der Waals surface area contributed by atoms with Crippen molar-refractivity contribution in [2.75, 3.05) is 0 Å². The van der Waals surface area contributed by atoms with Crippen molar-refractivity contribution in [3.63, 3.8) is 0 Å². The third kappa shape index (κ3) is 5.80. The molecule has 38 heavy (non-hydrogen) atoms. The maximum Gasteiger partial charge on any atom is 0.416 e. The molecule has 0 radical (unpaired) electrons. The summed E-state index contributed by atoms with van der Waals surface area (Å²) in [6.45, 7) is 0. The van der Waals surface area contributed by atoms with Gasteiger partial charge in [0.05, 0.1) is 11.6 Å². The van der Waals surface area contributed by atoms with Crippen LogP contribution in [0.4, 0.5) is 26.3 Å². The third-order valence-electron chi connectivity index (χ3n) is 6.09. The van der Waals surface area contributed by atoms with E-state index in [1.165, 1.54) is 18.2 Å². The maximum atomic E-state index is 13.7. The highest BCUT2D eigenvalue weighted by atomic mass is 19.4. The van der Waals surface area contributed by atoms with E-state index < -0.39 is 46.9 Å². The lowest BCUT2D eigenvalue weighted by Gasteiger charge is -2.22. The summed E-state index contributed by atoms with van der Waals surface area (Å²) in [7, 11) is 0. The summed E-state index contributed by atoms with van der Waals surface area (Å²) in [4.78, 5) is 25.2. The second-order valence-electron chi connectivity index (χ2n) is 8.84. The van der Waals surface area contributed by atoms with Gasteiger partial charge in [0.1, 0.15) is 5.54 Å². The van der Waals surface area contributed by atoms with E-state index in [0.717, 1.165) is 18.2 Å². The number of carbonyl (C=O) groups excluding carboxylic acids is 2. The molecule has 1 atom stereocenters. The van der Waals surface area contributed by atoms with E-state index in [-0.39, 0.29) is 5.56 Å². The predicted octanol–water partition coefficient (Wildman–Crippen LogP) is 6.08. The van der Waals surface area contributed by atoms with Crippen LogP contribution < -0.4 is 10.6 Å². The smallest absolute Gasteiger partial charge is 0.337 e. The quantitative estimate of drug-likeness (QED) is 0.299. The van der Waals surface area contributed by atoms with E-state index in [1.54, 1.807) is 29.6 Å².